The summed E-state index contributed by atoms with van der Waals surface area (Å²) < 4.78 is 40.9. The minimum Gasteiger partial charge on any atom is -0.335 e. The molecule has 0 aliphatic carbocycles. The number of piperidine rings is 1. The van der Waals surface area contributed by atoms with Crippen LogP contribution in [0.1, 0.15) is 53.7 Å². The first-order valence-electron chi connectivity index (χ1n) is 9.85. The lowest BCUT2D eigenvalue weighted by Gasteiger charge is -2.28. The molecule has 1 aliphatic heterocycles. The number of hydrogen-bond acceptors (Lipinski definition) is 3. The number of nitrogens with zero attached hydrogens (tertiary/aromatic N) is 2. The molecule has 1 heterocycles. The molecule has 7 heteroatoms. The Morgan fingerprint density at radius 1 is 1.07 bits per heavy atom. The molecule has 2 aromatic carbocycles. The molecule has 0 aromatic heterocycles. The maximum atomic E-state index is 13.2. The van der Waals surface area contributed by atoms with Crippen molar-refractivity contribution in [2.75, 3.05) is 20.1 Å². The number of benzene rings is 2. The predicted octanol–water partition coefficient (Wildman–Crippen LogP) is 4.14. The van der Waals surface area contributed by atoms with Gasteiger partial charge in [-0.05, 0) is 62.1 Å². The average molecular weight is 419 g/mol. The fourth-order valence-corrected chi connectivity index (χ4v) is 5.37. The predicted molar refractivity (Wildman–Crippen MR) is 111 cm³/mol. The third-order valence-corrected chi connectivity index (χ3v) is 7.66. The van der Waals surface area contributed by atoms with Crippen LogP contribution in [-0.2, 0) is 10.0 Å². The standard InChI is InChI=1S/C22H27FN2O3S/c1-16-7-8-19(15-21(16)29(27,28)25-13-5-4-6-14-25)22(26)24(3)17(2)18-9-11-20(23)12-10-18/h7-12,15,17H,4-6,13-14H2,1-3H3. The molecular formula is C22H27FN2O3S. The van der Waals surface area contributed by atoms with Crippen LogP contribution in [0.4, 0.5) is 4.39 Å². The van der Waals surface area contributed by atoms with Crippen LogP contribution in [0.15, 0.2) is 47.4 Å². The summed E-state index contributed by atoms with van der Waals surface area (Å²) in [6.07, 6.45) is 2.75. The zero-order valence-corrected chi connectivity index (χ0v) is 17.9. The Labute approximate surface area is 172 Å². The summed E-state index contributed by atoms with van der Waals surface area (Å²) in [6, 6.07) is 10.5. The van der Waals surface area contributed by atoms with Crippen LogP contribution in [0.2, 0.25) is 0 Å². The van der Waals surface area contributed by atoms with Crippen molar-refractivity contribution in [3.8, 4) is 0 Å². The molecule has 0 N–H and O–H groups in total. The second kappa shape index (κ2) is 8.63. The van der Waals surface area contributed by atoms with E-state index in [1.54, 1.807) is 38.2 Å². The number of carbonyl (C=O) groups is 1. The maximum Gasteiger partial charge on any atom is 0.254 e. The van der Waals surface area contributed by atoms with E-state index in [1.165, 1.54) is 27.4 Å². The molecule has 3 rings (SSSR count). The summed E-state index contributed by atoms with van der Waals surface area (Å²) in [6.45, 7) is 4.63. The Kier molecular flexibility index (Phi) is 6.39. The highest BCUT2D eigenvalue weighted by Crippen LogP contribution is 2.26. The lowest BCUT2D eigenvalue weighted by Crippen LogP contribution is -2.36. The molecule has 1 unspecified atom stereocenters. The van der Waals surface area contributed by atoms with Gasteiger partial charge in [0.25, 0.3) is 5.91 Å². The van der Waals surface area contributed by atoms with Gasteiger partial charge in [0.15, 0.2) is 0 Å². The van der Waals surface area contributed by atoms with Crippen LogP contribution in [0.25, 0.3) is 0 Å². The summed E-state index contributed by atoms with van der Waals surface area (Å²) >= 11 is 0. The van der Waals surface area contributed by atoms with Crippen LogP contribution in [0.3, 0.4) is 0 Å². The second-order valence-electron chi connectivity index (χ2n) is 7.59. The fraction of sp³-hybridized carbons (Fsp3) is 0.409. The Hall–Kier alpha value is -2.25. The van der Waals surface area contributed by atoms with E-state index in [9.17, 15) is 17.6 Å². The summed E-state index contributed by atoms with van der Waals surface area (Å²) in [5, 5.41) is 0. The van der Waals surface area contributed by atoms with Gasteiger partial charge in [0.1, 0.15) is 5.82 Å². The minimum absolute atomic E-state index is 0.188. The van der Waals surface area contributed by atoms with E-state index >= 15 is 0 Å². The Morgan fingerprint density at radius 3 is 2.31 bits per heavy atom. The van der Waals surface area contributed by atoms with Crippen LogP contribution >= 0.6 is 0 Å². The van der Waals surface area contributed by atoms with Gasteiger partial charge in [-0.1, -0.05) is 24.6 Å². The van der Waals surface area contributed by atoms with Gasteiger partial charge in [-0.2, -0.15) is 4.31 Å². The van der Waals surface area contributed by atoms with Gasteiger partial charge in [0, 0.05) is 25.7 Å². The van der Waals surface area contributed by atoms with E-state index in [4.69, 9.17) is 0 Å². The number of halogens is 1. The summed E-state index contributed by atoms with van der Waals surface area (Å²) in [5.74, 6) is -0.613. The number of amides is 1. The lowest BCUT2D eigenvalue weighted by atomic mass is 10.1. The molecule has 1 saturated heterocycles. The largest absolute Gasteiger partial charge is 0.335 e. The van der Waals surface area contributed by atoms with Gasteiger partial charge in [-0.15, -0.1) is 0 Å². The molecular weight excluding hydrogens is 391 g/mol. The van der Waals surface area contributed by atoms with Gasteiger partial charge in [0.2, 0.25) is 10.0 Å². The number of aryl methyl sites for hydroxylation is 1. The minimum atomic E-state index is -3.63. The zero-order valence-electron chi connectivity index (χ0n) is 17.1. The summed E-state index contributed by atoms with van der Waals surface area (Å²) in [4.78, 5) is 14.8. The first-order chi connectivity index (χ1) is 13.7. The molecule has 5 nitrogen and oxygen atoms in total. The second-order valence-corrected chi connectivity index (χ2v) is 9.49. The number of carbonyl (C=O) groups excluding carboxylic acids is 1. The van der Waals surface area contributed by atoms with Gasteiger partial charge in [0.05, 0.1) is 10.9 Å². The molecule has 0 spiro atoms. The lowest BCUT2D eigenvalue weighted by molar-refractivity contribution is 0.0742. The molecule has 0 radical (unpaired) electrons. The highest BCUT2D eigenvalue weighted by molar-refractivity contribution is 7.89. The Bertz CT molecular complexity index is 984. The molecule has 29 heavy (non-hydrogen) atoms. The summed E-state index contributed by atoms with van der Waals surface area (Å²) in [7, 11) is -1.97. The van der Waals surface area contributed by atoms with Crippen molar-refractivity contribution in [1.82, 2.24) is 9.21 Å². The van der Waals surface area contributed by atoms with E-state index in [1.807, 2.05) is 6.92 Å². The van der Waals surface area contributed by atoms with Gasteiger partial charge < -0.3 is 4.90 Å². The van der Waals surface area contributed by atoms with Crippen molar-refractivity contribution < 1.29 is 17.6 Å². The molecule has 1 fully saturated rings. The number of sulfonamides is 1. The molecule has 0 bridgehead atoms. The smallest absolute Gasteiger partial charge is 0.254 e. The zero-order chi connectivity index (χ0) is 21.2. The van der Waals surface area contributed by atoms with Crippen LogP contribution in [0, 0.1) is 12.7 Å². The van der Waals surface area contributed by atoms with Gasteiger partial charge in [-0.3, -0.25) is 4.79 Å². The highest BCUT2D eigenvalue weighted by Gasteiger charge is 2.29. The number of rotatable bonds is 5. The van der Waals surface area contributed by atoms with E-state index in [0.29, 0.717) is 24.2 Å². The monoisotopic (exact) mass is 418 g/mol. The third kappa shape index (κ3) is 4.51. The van der Waals surface area contributed by atoms with E-state index in [0.717, 1.165) is 24.8 Å². The van der Waals surface area contributed by atoms with Crippen molar-refractivity contribution in [1.29, 1.82) is 0 Å². The van der Waals surface area contributed by atoms with Crippen LogP contribution in [0.5, 0.6) is 0 Å². The SMILES string of the molecule is Cc1ccc(C(=O)N(C)C(C)c2ccc(F)cc2)cc1S(=O)(=O)N1CCCCC1. The Morgan fingerprint density at radius 2 is 1.69 bits per heavy atom. The third-order valence-electron chi connectivity index (χ3n) is 5.62. The van der Waals surface area contributed by atoms with E-state index < -0.39 is 10.0 Å². The summed E-state index contributed by atoms with van der Waals surface area (Å²) in [5.41, 5.74) is 1.75. The van der Waals surface area contributed by atoms with Crippen molar-refractivity contribution >= 4 is 15.9 Å². The molecule has 156 valence electrons. The van der Waals surface area contributed by atoms with Gasteiger partial charge in [-0.25, -0.2) is 12.8 Å². The topological polar surface area (TPSA) is 57.7 Å². The van der Waals surface area contributed by atoms with Crippen molar-refractivity contribution in [3.63, 3.8) is 0 Å². The molecule has 1 amide bonds. The molecule has 1 atom stereocenters. The van der Waals surface area contributed by atoms with Crippen LogP contribution in [-0.4, -0.2) is 43.7 Å². The normalized spacial score (nSPS) is 16.4. The first-order valence-corrected chi connectivity index (χ1v) is 11.3. The Balaban J connectivity index is 1.88. The average Bonchev–Trinajstić information content (AvgIpc) is 2.73. The van der Waals surface area contributed by atoms with E-state index in [2.05, 4.69) is 0 Å². The van der Waals surface area contributed by atoms with Crippen LogP contribution < -0.4 is 0 Å². The van der Waals surface area contributed by atoms with Crippen molar-refractivity contribution in [3.05, 3.63) is 65.0 Å². The van der Waals surface area contributed by atoms with Gasteiger partial charge >= 0.3 is 0 Å². The molecule has 0 saturated carbocycles. The first kappa shape index (κ1) is 21.5. The fourth-order valence-electron chi connectivity index (χ4n) is 3.60. The highest BCUT2D eigenvalue weighted by atomic mass is 32.2. The number of hydrogen-bond donors (Lipinski definition) is 0. The van der Waals surface area contributed by atoms with E-state index in [-0.39, 0.29) is 22.7 Å². The van der Waals surface area contributed by atoms with Crippen molar-refractivity contribution in [2.24, 2.45) is 0 Å². The maximum absolute atomic E-state index is 13.2. The molecule has 1 aliphatic rings. The quantitative estimate of drug-likeness (QED) is 0.733. The molecule has 2 aromatic rings. The van der Waals surface area contributed by atoms with Crippen molar-refractivity contribution in [2.45, 2.75) is 44.0 Å².